The van der Waals surface area contributed by atoms with Gasteiger partial charge in [0.1, 0.15) is 12.4 Å². The minimum absolute atomic E-state index is 0.0351. The van der Waals surface area contributed by atoms with Crippen LogP contribution in [0.2, 0.25) is 0 Å². The molecule has 6 heteroatoms. The van der Waals surface area contributed by atoms with Gasteiger partial charge in [0.15, 0.2) is 0 Å². The van der Waals surface area contributed by atoms with Crippen LogP contribution in [0.15, 0.2) is 24.3 Å². The summed E-state index contributed by atoms with van der Waals surface area (Å²) >= 11 is 0. The first kappa shape index (κ1) is 18.4. The van der Waals surface area contributed by atoms with Crippen molar-refractivity contribution in [1.29, 1.82) is 0 Å². The number of anilines is 1. The fraction of sp³-hybridized carbons (Fsp3) is 0.619. The number of carbonyl (C=O) groups is 2. The second-order valence-corrected chi connectivity index (χ2v) is 8.16. The minimum atomic E-state index is -0.410. The first-order valence-electron chi connectivity index (χ1n) is 10.0. The first-order valence-corrected chi connectivity index (χ1v) is 10.0. The van der Waals surface area contributed by atoms with Crippen LogP contribution in [0.1, 0.15) is 44.9 Å². The van der Waals surface area contributed by atoms with E-state index in [1.807, 2.05) is 4.90 Å². The zero-order valence-electron chi connectivity index (χ0n) is 15.7. The predicted molar refractivity (Wildman–Crippen MR) is 99.8 cm³/mol. The van der Waals surface area contributed by atoms with E-state index in [2.05, 4.69) is 0 Å². The summed E-state index contributed by atoms with van der Waals surface area (Å²) in [6.07, 6.45) is 7.00. The highest BCUT2D eigenvalue weighted by Crippen LogP contribution is 2.34. The van der Waals surface area contributed by atoms with Crippen LogP contribution in [-0.4, -0.2) is 48.6 Å². The fourth-order valence-corrected chi connectivity index (χ4v) is 4.63. The second kappa shape index (κ2) is 7.58. The Morgan fingerprint density at radius 1 is 1.15 bits per heavy atom. The maximum Gasteiger partial charge on any atom is 0.253 e. The molecule has 146 valence electrons. The molecule has 5 nitrogen and oxygen atoms in total. The van der Waals surface area contributed by atoms with Crippen molar-refractivity contribution in [2.75, 3.05) is 31.1 Å². The second-order valence-electron chi connectivity index (χ2n) is 8.16. The average molecular weight is 374 g/mol. The third kappa shape index (κ3) is 4.00. The predicted octanol–water partition coefficient (Wildman–Crippen LogP) is 3.13. The van der Waals surface area contributed by atoms with Crippen LogP contribution in [0.4, 0.5) is 10.1 Å². The van der Waals surface area contributed by atoms with Crippen LogP contribution in [0, 0.1) is 11.7 Å². The third-order valence-electron chi connectivity index (χ3n) is 6.35. The molecule has 1 aromatic carbocycles. The number of amides is 2. The third-order valence-corrected chi connectivity index (χ3v) is 6.35. The van der Waals surface area contributed by atoms with E-state index in [1.54, 1.807) is 17.0 Å². The van der Waals surface area contributed by atoms with E-state index in [0.717, 1.165) is 12.8 Å². The Hall–Kier alpha value is -1.95. The molecular weight excluding hydrogens is 347 g/mol. The van der Waals surface area contributed by atoms with E-state index in [-0.39, 0.29) is 24.2 Å². The zero-order valence-corrected chi connectivity index (χ0v) is 15.7. The number of piperidine rings is 1. The molecule has 0 atom stereocenters. The molecule has 2 heterocycles. The number of rotatable bonds is 3. The van der Waals surface area contributed by atoms with Crippen molar-refractivity contribution in [3.05, 3.63) is 30.1 Å². The van der Waals surface area contributed by atoms with Crippen LogP contribution < -0.4 is 4.90 Å². The summed E-state index contributed by atoms with van der Waals surface area (Å²) in [7, 11) is 0. The summed E-state index contributed by atoms with van der Waals surface area (Å²) in [5.74, 6) is 0.403. The van der Waals surface area contributed by atoms with Crippen molar-refractivity contribution in [2.24, 2.45) is 5.92 Å². The molecule has 0 unspecified atom stereocenters. The van der Waals surface area contributed by atoms with Crippen molar-refractivity contribution in [1.82, 2.24) is 4.90 Å². The van der Waals surface area contributed by atoms with Crippen molar-refractivity contribution in [3.8, 4) is 0 Å². The Kier molecular flexibility index (Phi) is 5.17. The largest absolute Gasteiger partial charge is 0.363 e. The molecule has 27 heavy (non-hydrogen) atoms. The van der Waals surface area contributed by atoms with Gasteiger partial charge in [-0.2, -0.15) is 0 Å². The van der Waals surface area contributed by atoms with Crippen LogP contribution in [0.3, 0.4) is 0 Å². The molecule has 4 rings (SSSR count). The Bertz CT molecular complexity index is 692. The lowest BCUT2D eigenvalue weighted by Crippen LogP contribution is -2.59. The van der Waals surface area contributed by atoms with Crippen LogP contribution in [-0.2, 0) is 14.3 Å². The van der Waals surface area contributed by atoms with Crippen LogP contribution >= 0.6 is 0 Å². The number of ether oxygens (including phenoxy) is 1. The molecule has 0 bridgehead atoms. The molecule has 0 aromatic heterocycles. The summed E-state index contributed by atoms with van der Waals surface area (Å²) in [5, 5.41) is 0. The Labute approximate surface area is 159 Å². The smallest absolute Gasteiger partial charge is 0.253 e. The highest BCUT2D eigenvalue weighted by Gasteiger charge is 2.43. The molecule has 2 aliphatic heterocycles. The molecule has 0 N–H and O–H groups in total. The zero-order chi connectivity index (χ0) is 18.9. The fourth-order valence-electron chi connectivity index (χ4n) is 4.63. The SMILES string of the molecule is O=C(CC1CCCC1)N1CCC2(CC1)CN(c1ccc(F)cc1)C(=O)CO2. The molecule has 1 saturated carbocycles. The number of halogens is 1. The molecule has 1 aliphatic carbocycles. The van der Waals surface area contributed by atoms with Gasteiger partial charge in [-0.05, 0) is 55.9 Å². The molecule has 3 fully saturated rings. The van der Waals surface area contributed by atoms with Gasteiger partial charge in [0.2, 0.25) is 5.91 Å². The van der Waals surface area contributed by atoms with Gasteiger partial charge < -0.3 is 14.5 Å². The Morgan fingerprint density at radius 2 is 1.81 bits per heavy atom. The molecule has 2 amide bonds. The van der Waals surface area contributed by atoms with E-state index >= 15 is 0 Å². The van der Waals surface area contributed by atoms with Gasteiger partial charge in [-0.15, -0.1) is 0 Å². The number of benzene rings is 1. The highest BCUT2D eigenvalue weighted by atomic mass is 19.1. The van der Waals surface area contributed by atoms with Gasteiger partial charge in [-0.25, -0.2) is 4.39 Å². The normalized spacial score (nSPS) is 23.2. The monoisotopic (exact) mass is 374 g/mol. The quantitative estimate of drug-likeness (QED) is 0.817. The molecule has 0 radical (unpaired) electrons. The number of likely N-dealkylation sites (tertiary alicyclic amines) is 1. The summed E-state index contributed by atoms with van der Waals surface area (Å²) in [4.78, 5) is 28.6. The number of morpholine rings is 1. The summed E-state index contributed by atoms with van der Waals surface area (Å²) in [6, 6.07) is 6.00. The number of hydrogen-bond donors (Lipinski definition) is 0. The maximum absolute atomic E-state index is 13.2. The summed E-state index contributed by atoms with van der Waals surface area (Å²) in [6.45, 7) is 1.85. The maximum atomic E-state index is 13.2. The Morgan fingerprint density at radius 3 is 2.48 bits per heavy atom. The molecular formula is C21H27FN2O3. The lowest BCUT2D eigenvalue weighted by atomic mass is 9.88. The van der Waals surface area contributed by atoms with Crippen molar-refractivity contribution in [2.45, 2.75) is 50.5 Å². The van der Waals surface area contributed by atoms with Crippen LogP contribution in [0.25, 0.3) is 0 Å². The van der Waals surface area contributed by atoms with Gasteiger partial charge in [0, 0.05) is 25.2 Å². The first-order chi connectivity index (χ1) is 13.0. The summed E-state index contributed by atoms with van der Waals surface area (Å²) in [5.41, 5.74) is 0.288. The van der Waals surface area contributed by atoms with E-state index in [0.29, 0.717) is 37.7 Å². The van der Waals surface area contributed by atoms with Crippen molar-refractivity contribution in [3.63, 3.8) is 0 Å². The lowest BCUT2D eigenvalue weighted by Gasteiger charge is -2.47. The number of carbonyl (C=O) groups excluding carboxylic acids is 2. The van der Waals surface area contributed by atoms with E-state index in [9.17, 15) is 14.0 Å². The minimum Gasteiger partial charge on any atom is -0.363 e. The van der Waals surface area contributed by atoms with Gasteiger partial charge in [0.25, 0.3) is 5.91 Å². The van der Waals surface area contributed by atoms with Gasteiger partial charge in [-0.3, -0.25) is 9.59 Å². The number of hydrogen-bond acceptors (Lipinski definition) is 3. The highest BCUT2D eigenvalue weighted by molar-refractivity contribution is 5.95. The average Bonchev–Trinajstić information content (AvgIpc) is 3.18. The molecule has 1 spiro atoms. The van der Waals surface area contributed by atoms with Crippen molar-refractivity contribution < 1.29 is 18.7 Å². The Balaban J connectivity index is 1.37. The molecule has 1 aromatic rings. The van der Waals surface area contributed by atoms with Crippen molar-refractivity contribution >= 4 is 17.5 Å². The van der Waals surface area contributed by atoms with Crippen LogP contribution in [0.5, 0.6) is 0 Å². The lowest BCUT2D eigenvalue weighted by molar-refractivity contribution is -0.150. The van der Waals surface area contributed by atoms with E-state index in [4.69, 9.17) is 4.74 Å². The van der Waals surface area contributed by atoms with Gasteiger partial charge >= 0.3 is 0 Å². The van der Waals surface area contributed by atoms with E-state index in [1.165, 1.54) is 37.8 Å². The summed E-state index contributed by atoms with van der Waals surface area (Å²) < 4.78 is 19.2. The van der Waals surface area contributed by atoms with Gasteiger partial charge in [0.05, 0.1) is 12.1 Å². The standard InChI is InChI=1S/C21H27FN2O3/c22-17-5-7-18(8-6-17)24-15-21(27-14-20(24)26)9-11-23(12-10-21)19(25)13-16-3-1-2-4-16/h5-8,16H,1-4,9-15H2. The number of nitrogens with zero attached hydrogens (tertiary/aromatic N) is 2. The molecule has 2 saturated heterocycles. The van der Waals surface area contributed by atoms with Gasteiger partial charge in [-0.1, -0.05) is 12.8 Å². The molecule has 3 aliphatic rings. The van der Waals surface area contributed by atoms with E-state index < -0.39 is 5.60 Å². The topological polar surface area (TPSA) is 49.9 Å².